The monoisotopic (exact) mass is 479 g/mol. The molecule has 0 spiro atoms. The van der Waals surface area contributed by atoms with Gasteiger partial charge in [-0.3, -0.25) is 4.79 Å². The first-order valence-corrected chi connectivity index (χ1v) is 11.3. The van der Waals surface area contributed by atoms with E-state index in [1.165, 1.54) is 24.3 Å². The number of fused-ring (bicyclic) bond motifs is 1. The number of hydrogen-bond donors (Lipinski definition) is 0. The minimum Gasteiger partial charge on any atom is -0.493 e. The maximum Gasteiger partial charge on any atom is 0.267 e. The predicted molar refractivity (Wildman–Crippen MR) is 126 cm³/mol. The molecular weight excluding hydrogens is 453 g/mol. The summed E-state index contributed by atoms with van der Waals surface area (Å²) in [5.74, 6) is 2.29. The molecule has 2 aliphatic heterocycles. The Bertz CT molecular complexity index is 1220. The van der Waals surface area contributed by atoms with Gasteiger partial charge in [-0.25, -0.2) is 4.39 Å². The number of nitrogens with zero attached hydrogens (tertiary/aromatic N) is 1. The molecule has 2 atom stereocenters. The lowest BCUT2D eigenvalue weighted by atomic mass is 9.88. The normalized spacial score (nSPS) is 18.4. The largest absolute Gasteiger partial charge is 0.493 e. The molecule has 2 unspecified atom stereocenters. The van der Waals surface area contributed by atoms with Crippen LogP contribution in [0.15, 0.2) is 54.6 Å². The molecule has 0 aromatic heterocycles. The van der Waals surface area contributed by atoms with Gasteiger partial charge in [-0.15, -0.1) is 0 Å². The Morgan fingerprint density at radius 2 is 1.69 bits per heavy atom. The van der Waals surface area contributed by atoms with Crippen molar-refractivity contribution in [1.82, 2.24) is 4.90 Å². The first kappa shape index (κ1) is 22.8. The second-order valence-electron chi connectivity index (χ2n) is 8.40. The summed E-state index contributed by atoms with van der Waals surface area (Å²) in [6.07, 6.45) is 0.0862. The lowest BCUT2D eigenvalue weighted by Crippen LogP contribution is -2.60. The first-order valence-electron chi connectivity index (χ1n) is 11.3. The Kier molecular flexibility index (Phi) is 6.11. The Hall–Kier alpha value is -3.94. The summed E-state index contributed by atoms with van der Waals surface area (Å²) in [6.45, 7) is 0.962. The molecule has 0 saturated carbocycles. The molecule has 1 saturated heterocycles. The highest BCUT2D eigenvalue weighted by molar-refractivity contribution is 5.89. The molecular formula is C27H26FNO6. The highest BCUT2D eigenvalue weighted by atomic mass is 19.1. The van der Waals surface area contributed by atoms with Gasteiger partial charge in [-0.05, 0) is 65.2 Å². The number of halogens is 1. The number of rotatable bonds is 8. The molecule has 0 radical (unpaired) electrons. The van der Waals surface area contributed by atoms with E-state index in [1.54, 1.807) is 26.2 Å². The number of ether oxygens (including phenoxy) is 5. The highest BCUT2D eigenvalue weighted by Crippen LogP contribution is 2.43. The SMILES string of the molecule is COc1cc(CN2C(=O)C(Oc3ccc(F)cc3)C2c2ccc3c(c2)CCO3)cc(OC)c1OC. The molecule has 3 aromatic carbocycles. The predicted octanol–water partition coefficient (Wildman–Crippen LogP) is 4.32. The third-order valence-corrected chi connectivity index (χ3v) is 6.36. The van der Waals surface area contributed by atoms with E-state index in [-0.39, 0.29) is 17.8 Å². The number of likely N-dealkylation sites (tertiary alicyclic amines) is 1. The van der Waals surface area contributed by atoms with Crippen molar-refractivity contribution in [1.29, 1.82) is 0 Å². The van der Waals surface area contributed by atoms with Gasteiger partial charge in [0.15, 0.2) is 11.5 Å². The standard InChI is InChI=1S/C27H26FNO6/c1-31-22-12-16(13-23(32-2)25(22)33-3)15-29-24(18-4-9-21-17(14-18)10-11-34-21)26(27(29)30)35-20-7-5-19(28)6-8-20/h4-9,12-14,24,26H,10-11,15H2,1-3H3. The van der Waals surface area contributed by atoms with Gasteiger partial charge in [-0.1, -0.05) is 6.07 Å². The topological polar surface area (TPSA) is 66.5 Å². The van der Waals surface area contributed by atoms with E-state index in [0.717, 1.165) is 28.9 Å². The molecule has 0 bridgehead atoms. The van der Waals surface area contributed by atoms with Crippen LogP contribution in [0.25, 0.3) is 0 Å². The van der Waals surface area contributed by atoms with E-state index in [2.05, 4.69) is 6.07 Å². The van der Waals surface area contributed by atoms with Crippen LogP contribution in [0.4, 0.5) is 4.39 Å². The van der Waals surface area contributed by atoms with Gasteiger partial charge in [0.05, 0.1) is 27.9 Å². The Morgan fingerprint density at radius 1 is 0.971 bits per heavy atom. The molecule has 1 fully saturated rings. The maximum absolute atomic E-state index is 13.4. The van der Waals surface area contributed by atoms with Gasteiger partial charge in [0, 0.05) is 13.0 Å². The average molecular weight is 480 g/mol. The van der Waals surface area contributed by atoms with Gasteiger partial charge in [0.25, 0.3) is 5.91 Å². The van der Waals surface area contributed by atoms with Gasteiger partial charge < -0.3 is 28.6 Å². The van der Waals surface area contributed by atoms with E-state index in [1.807, 2.05) is 24.3 Å². The van der Waals surface area contributed by atoms with E-state index in [4.69, 9.17) is 23.7 Å². The van der Waals surface area contributed by atoms with Crippen molar-refractivity contribution in [2.24, 2.45) is 0 Å². The smallest absolute Gasteiger partial charge is 0.267 e. The zero-order valence-electron chi connectivity index (χ0n) is 19.7. The van der Waals surface area contributed by atoms with Crippen molar-refractivity contribution in [3.8, 4) is 28.7 Å². The van der Waals surface area contributed by atoms with Gasteiger partial charge in [0.1, 0.15) is 23.4 Å². The van der Waals surface area contributed by atoms with Crippen LogP contribution in [0.1, 0.15) is 22.7 Å². The van der Waals surface area contributed by atoms with Gasteiger partial charge in [-0.2, -0.15) is 0 Å². The van der Waals surface area contributed by atoms with Crippen molar-refractivity contribution in [3.63, 3.8) is 0 Å². The molecule has 2 aliphatic rings. The summed E-state index contributed by atoms with van der Waals surface area (Å²) in [4.78, 5) is 15.1. The van der Waals surface area contributed by atoms with Crippen LogP contribution < -0.4 is 23.7 Å². The molecule has 0 aliphatic carbocycles. The molecule has 3 aromatic rings. The molecule has 1 amide bonds. The summed E-state index contributed by atoms with van der Waals surface area (Å²) in [5, 5.41) is 0. The number of hydrogen-bond acceptors (Lipinski definition) is 6. The number of carbonyl (C=O) groups is 1. The molecule has 182 valence electrons. The van der Waals surface area contributed by atoms with E-state index < -0.39 is 6.10 Å². The average Bonchev–Trinajstić information content (AvgIpc) is 3.36. The lowest BCUT2D eigenvalue weighted by molar-refractivity contribution is -0.165. The molecule has 35 heavy (non-hydrogen) atoms. The molecule has 0 N–H and O–H groups in total. The minimum atomic E-state index is -0.733. The lowest BCUT2D eigenvalue weighted by Gasteiger charge is -2.47. The van der Waals surface area contributed by atoms with E-state index >= 15 is 0 Å². The van der Waals surface area contributed by atoms with Crippen LogP contribution in [0.2, 0.25) is 0 Å². The zero-order valence-corrected chi connectivity index (χ0v) is 19.7. The third-order valence-electron chi connectivity index (χ3n) is 6.36. The Morgan fingerprint density at radius 3 is 2.34 bits per heavy atom. The Balaban J connectivity index is 1.47. The fourth-order valence-corrected chi connectivity index (χ4v) is 4.64. The molecule has 8 heteroatoms. The van der Waals surface area contributed by atoms with E-state index in [9.17, 15) is 9.18 Å². The summed E-state index contributed by atoms with van der Waals surface area (Å²) >= 11 is 0. The van der Waals surface area contributed by atoms with Crippen LogP contribution >= 0.6 is 0 Å². The second-order valence-corrected chi connectivity index (χ2v) is 8.40. The van der Waals surface area contributed by atoms with Gasteiger partial charge in [0.2, 0.25) is 11.9 Å². The number of methoxy groups -OCH3 is 3. The zero-order chi connectivity index (χ0) is 24.5. The van der Waals surface area contributed by atoms with Crippen molar-refractivity contribution in [2.75, 3.05) is 27.9 Å². The summed E-state index contributed by atoms with van der Waals surface area (Å²) in [6, 6.07) is 15.0. The summed E-state index contributed by atoms with van der Waals surface area (Å²) in [5.41, 5.74) is 2.88. The summed E-state index contributed by atoms with van der Waals surface area (Å²) < 4.78 is 41.4. The number of amides is 1. The van der Waals surface area contributed by atoms with Crippen LogP contribution in [-0.4, -0.2) is 44.8 Å². The molecule has 7 nitrogen and oxygen atoms in total. The van der Waals surface area contributed by atoms with Crippen molar-refractivity contribution < 1.29 is 32.9 Å². The second kappa shape index (κ2) is 9.37. The van der Waals surface area contributed by atoms with Crippen LogP contribution in [0.5, 0.6) is 28.7 Å². The molecule has 5 rings (SSSR count). The number of carbonyl (C=O) groups excluding carboxylic acids is 1. The van der Waals surface area contributed by atoms with Crippen LogP contribution in [0, 0.1) is 5.82 Å². The van der Waals surface area contributed by atoms with Crippen LogP contribution in [-0.2, 0) is 17.8 Å². The van der Waals surface area contributed by atoms with E-state index in [0.29, 0.717) is 36.1 Å². The third kappa shape index (κ3) is 4.20. The highest BCUT2D eigenvalue weighted by Gasteiger charge is 2.50. The summed E-state index contributed by atoms with van der Waals surface area (Å²) in [7, 11) is 4.65. The van der Waals surface area contributed by atoms with Crippen molar-refractivity contribution >= 4 is 5.91 Å². The fraction of sp³-hybridized carbons (Fsp3) is 0.296. The first-order chi connectivity index (χ1) is 17.0. The quantitative estimate of drug-likeness (QED) is 0.449. The fourth-order valence-electron chi connectivity index (χ4n) is 4.64. The van der Waals surface area contributed by atoms with Crippen LogP contribution in [0.3, 0.4) is 0 Å². The number of β-lactam (4-membered cyclic amide) rings is 1. The van der Waals surface area contributed by atoms with Crippen molar-refractivity contribution in [3.05, 3.63) is 77.1 Å². The Labute approximate surface area is 202 Å². The van der Waals surface area contributed by atoms with Crippen molar-refractivity contribution in [2.45, 2.75) is 25.1 Å². The van der Waals surface area contributed by atoms with Gasteiger partial charge >= 0.3 is 0 Å². The number of benzene rings is 3. The minimum absolute atomic E-state index is 0.162. The maximum atomic E-state index is 13.4. The molecule has 2 heterocycles.